The second-order valence-corrected chi connectivity index (χ2v) is 9.42. The molecule has 0 atom stereocenters. The van der Waals surface area contributed by atoms with Crippen molar-refractivity contribution in [3.05, 3.63) is 53.1 Å². The number of carbonyl (C=O) groups is 1. The van der Waals surface area contributed by atoms with Crippen LogP contribution < -0.4 is 9.46 Å². The normalized spacial score (nSPS) is 16.3. The van der Waals surface area contributed by atoms with Crippen molar-refractivity contribution in [1.29, 1.82) is 0 Å². The van der Waals surface area contributed by atoms with E-state index in [1.165, 1.54) is 5.56 Å². The SMILES string of the molecule is CCOc1ccc(S(=O)(=O)Nc2ccc3c(c2)CN(C(=O)C2CC2)CC3)cc1C. The van der Waals surface area contributed by atoms with E-state index in [0.29, 0.717) is 24.6 Å². The number of nitrogens with zero attached hydrogens (tertiary/aromatic N) is 1. The first-order valence-electron chi connectivity index (χ1n) is 10.0. The third-order valence-corrected chi connectivity index (χ3v) is 6.84. The van der Waals surface area contributed by atoms with Crippen LogP contribution in [-0.4, -0.2) is 32.4 Å². The van der Waals surface area contributed by atoms with Gasteiger partial charge in [0.25, 0.3) is 10.0 Å². The summed E-state index contributed by atoms with van der Waals surface area (Å²) in [6.45, 7) is 5.53. The number of hydrogen-bond donors (Lipinski definition) is 1. The van der Waals surface area contributed by atoms with Gasteiger partial charge in [-0.15, -0.1) is 0 Å². The molecule has 2 aliphatic rings. The average Bonchev–Trinajstić information content (AvgIpc) is 3.53. The number of benzene rings is 2. The maximum Gasteiger partial charge on any atom is 0.261 e. The molecule has 7 heteroatoms. The van der Waals surface area contributed by atoms with Crippen molar-refractivity contribution in [1.82, 2.24) is 4.90 Å². The zero-order valence-electron chi connectivity index (χ0n) is 16.8. The highest BCUT2D eigenvalue weighted by atomic mass is 32.2. The molecule has 1 N–H and O–H groups in total. The summed E-state index contributed by atoms with van der Waals surface area (Å²) in [5.74, 6) is 1.10. The Labute approximate surface area is 171 Å². The first-order chi connectivity index (χ1) is 13.9. The Morgan fingerprint density at radius 2 is 1.97 bits per heavy atom. The Morgan fingerprint density at radius 1 is 1.17 bits per heavy atom. The van der Waals surface area contributed by atoms with Crippen LogP contribution in [0.4, 0.5) is 5.69 Å². The van der Waals surface area contributed by atoms with Gasteiger partial charge < -0.3 is 9.64 Å². The highest BCUT2D eigenvalue weighted by Gasteiger charge is 2.34. The van der Waals surface area contributed by atoms with Crippen molar-refractivity contribution in [2.24, 2.45) is 5.92 Å². The number of aryl methyl sites for hydroxylation is 1. The average molecular weight is 415 g/mol. The quantitative estimate of drug-likeness (QED) is 0.785. The lowest BCUT2D eigenvalue weighted by Gasteiger charge is -2.29. The molecular formula is C22H26N2O4S. The van der Waals surface area contributed by atoms with Crippen LogP contribution in [0.3, 0.4) is 0 Å². The Bertz CT molecular complexity index is 1040. The van der Waals surface area contributed by atoms with Crippen LogP contribution in [0.5, 0.6) is 5.75 Å². The van der Waals surface area contributed by atoms with Crippen LogP contribution in [-0.2, 0) is 27.8 Å². The molecule has 0 unspecified atom stereocenters. The molecule has 2 aromatic carbocycles. The molecule has 1 amide bonds. The molecule has 1 saturated carbocycles. The number of nitrogens with one attached hydrogen (secondary N) is 1. The number of anilines is 1. The molecule has 0 aromatic heterocycles. The van der Waals surface area contributed by atoms with Gasteiger partial charge in [0, 0.05) is 24.7 Å². The standard InChI is InChI=1S/C22H26N2O4S/c1-3-28-21-9-8-20(12-15(21)2)29(26,27)23-19-7-6-16-10-11-24(14-18(16)13-19)22(25)17-4-5-17/h6-9,12-13,17,23H,3-5,10-11,14H2,1-2H3. The first-order valence-corrected chi connectivity index (χ1v) is 11.5. The van der Waals surface area contributed by atoms with Gasteiger partial charge in [-0.25, -0.2) is 8.42 Å². The lowest BCUT2D eigenvalue weighted by molar-refractivity contribution is -0.133. The molecule has 0 spiro atoms. The topological polar surface area (TPSA) is 75.7 Å². The second kappa shape index (κ2) is 7.71. The van der Waals surface area contributed by atoms with Crippen LogP contribution in [0.1, 0.15) is 36.5 Å². The molecule has 1 fully saturated rings. The number of fused-ring (bicyclic) bond motifs is 1. The Balaban J connectivity index is 1.53. The van der Waals surface area contributed by atoms with E-state index in [-0.39, 0.29) is 16.7 Å². The minimum Gasteiger partial charge on any atom is -0.494 e. The summed E-state index contributed by atoms with van der Waals surface area (Å²) < 4.78 is 33.8. The second-order valence-electron chi connectivity index (χ2n) is 7.73. The van der Waals surface area contributed by atoms with Gasteiger partial charge in [0.15, 0.2) is 0 Å². The summed E-state index contributed by atoms with van der Waals surface area (Å²) in [6.07, 6.45) is 2.78. The number of sulfonamides is 1. The van der Waals surface area contributed by atoms with Gasteiger partial charge in [-0.2, -0.15) is 0 Å². The molecule has 1 heterocycles. The van der Waals surface area contributed by atoms with E-state index in [0.717, 1.165) is 36.9 Å². The molecule has 2 aromatic rings. The summed E-state index contributed by atoms with van der Waals surface area (Å²) >= 11 is 0. The summed E-state index contributed by atoms with van der Waals surface area (Å²) in [4.78, 5) is 14.5. The van der Waals surface area contributed by atoms with E-state index >= 15 is 0 Å². The summed E-state index contributed by atoms with van der Waals surface area (Å²) in [5.41, 5.74) is 3.46. The number of hydrogen-bond acceptors (Lipinski definition) is 4. The van der Waals surface area contributed by atoms with Crippen LogP contribution in [0.15, 0.2) is 41.3 Å². The van der Waals surface area contributed by atoms with E-state index in [4.69, 9.17) is 4.74 Å². The predicted molar refractivity (Wildman–Crippen MR) is 111 cm³/mol. The molecule has 0 radical (unpaired) electrons. The van der Waals surface area contributed by atoms with Gasteiger partial charge in [0.05, 0.1) is 11.5 Å². The number of ether oxygens (including phenoxy) is 1. The van der Waals surface area contributed by atoms with Gasteiger partial charge in [0.1, 0.15) is 5.75 Å². The van der Waals surface area contributed by atoms with Crippen molar-refractivity contribution in [2.45, 2.75) is 44.6 Å². The highest BCUT2D eigenvalue weighted by Crippen LogP contribution is 2.33. The van der Waals surface area contributed by atoms with E-state index in [2.05, 4.69) is 4.72 Å². The molecule has 29 heavy (non-hydrogen) atoms. The molecule has 4 rings (SSSR count). The third-order valence-electron chi connectivity index (χ3n) is 5.47. The minimum absolute atomic E-state index is 0.195. The zero-order valence-corrected chi connectivity index (χ0v) is 17.6. The largest absolute Gasteiger partial charge is 0.494 e. The van der Waals surface area contributed by atoms with Gasteiger partial charge in [-0.3, -0.25) is 9.52 Å². The van der Waals surface area contributed by atoms with E-state index < -0.39 is 10.0 Å². The molecule has 0 bridgehead atoms. The van der Waals surface area contributed by atoms with Crippen LogP contribution in [0.2, 0.25) is 0 Å². The fraction of sp³-hybridized carbons (Fsp3) is 0.409. The fourth-order valence-electron chi connectivity index (χ4n) is 3.72. The van der Waals surface area contributed by atoms with E-state index in [1.807, 2.05) is 30.9 Å². The summed E-state index contributed by atoms with van der Waals surface area (Å²) in [5, 5.41) is 0. The number of carbonyl (C=O) groups excluding carboxylic acids is 1. The van der Waals surface area contributed by atoms with Crippen molar-refractivity contribution < 1.29 is 17.9 Å². The molecule has 1 aliphatic carbocycles. The maximum absolute atomic E-state index is 12.8. The Hall–Kier alpha value is -2.54. The monoisotopic (exact) mass is 414 g/mol. The lowest BCUT2D eigenvalue weighted by Crippen LogP contribution is -2.36. The van der Waals surface area contributed by atoms with Crippen molar-refractivity contribution in [3.63, 3.8) is 0 Å². The highest BCUT2D eigenvalue weighted by molar-refractivity contribution is 7.92. The summed E-state index contributed by atoms with van der Waals surface area (Å²) in [7, 11) is -3.71. The van der Waals surface area contributed by atoms with Gasteiger partial charge in [-0.05, 0) is 80.1 Å². The summed E-state index contributed by atoms with van der Waals surface area (Å²) in [6, 6.07) is 10.4. The first kappa shape index (κ1) is 19.8. The molecule has 0 saturated heterocycles. The van der Waals surface area contributed by atoms with E-state index in [1.54, 1.807) is 24.3 Å². The zero-order chi connectivity index (χ0) is 20.6. The Kier molecular flexibility index (Phi) is 5.25. The lowest BCUT2D eigenvalue weighted by atomic mass is 9.99. The maximum atomic E-state index is 12.8. The molecule has 1 aliphatic heterocycles. The fourth-order valence-corrected chi connectivity index (χ4v) is 4.85. The molecule has 6 nitrogen and oxygen atoms in total. The predicted octanol–water partition coefficient (Wildman–Crippen LogP) is 3.49. The van der Waals surface area contributed by atoms with Gasteiger partial charge in [-0.1, -0.05) is 6.07 Å². The number of amides is 1. The smallest absolute Gasteiger partial charge is 0.261 e. The van der Waals surface area contributed by atoms with Crippen LogP contribution in [0, 0.1) is 12.8 Å². The van der Waals surface area contributed by atoms with Crippen molar-refractivity contribution in [3.8, 4) is 5.75 Å². The van der Waals surface area contributed by atoms with Gasteiger partial charge in [0.2, 0.25) is 5.91 Å². The third kappa shape index (κ3) is 4.24. The van der Waals surface area contributed by atoms with Crippen molar-refractivity contribution in [2.75, 3.05) is 17.9 Å². The van der Waals surface area contributed by atoms with Crippen LogP contribution >= 0.6 is 0 Å². The molecule has 154 valence electrons. The Morgan fingerprint density at radius 3 is 2.66 bits per heavy atom. The van der Waals surface area contributed by atoms with Crippen molar-refractivity contribution >= 4 is 21.6 Å². The minimum atomic E-state index is -3.71. The van der Waals surface area contributed by atoms with Gasteiger partial charge >= 0.3 is 0 Å². The molecular weight excluding hydrogens is 388 g/mol. The van der Waals surface area contributed by atoms with E-state index in [9.17, 15) is 13.2 Å². The van der Waals surface area contributed by atoms with Crippen LogP contribution in [0.25, 0.3) is 0 Å². The number of rotatable bonds is 6.